The van der Waals surface area contributed by atoms with E-state index in [9.17, 15) is 14.0 Å². The first-order valence-corrected chi connectivity index (χ1v) is 10.6. The van der Waals surface area contributed by atoms with E-state index >= 15 is 0 Å². The predicted octanol–water partition coefficient (Wildman–Crippen LogP) is 3.67. The van der Waals surface area contributed by atoms with Crippen LogP contribution in [0.25, 0.3) is 11.3 Å². The number of halogens is 2. The molecule has 3 N–H and O–H groups in total. The van der Waals surface area contributed by atoms with Crippen molar-refractivity contribution in [2.24, 2.45) is 10.8 Å². The number of rotatable bonds is 6. The van der Waals surface area contributed by atoms with Gasteiger partial charge in [0.2, 0.25) is 5.91 Å². The number of aromatic nitrogens is 1. The van der Waals surface area contributed by atoms with E-state index in [4.69, 9.17) is 22.1 Å². The summed E-state index contributed by atoms with van der Waals surface area (Å²) in [6.45, 7) is 0. The molecule has 0 bridgehead atoms. The number of methoxy groups -OCH3 is 1. The van der Waals surface area contributed by atoms with Crippen LogP contribution in [0.3, 0.4) is 0 Å². The van der Waals surface area contributed by atoms with Gasteiger partial charge in [-0.05, 0) is 42.5 Å². The summed E-state index contributed by atoms with van der Waals surface area (Å²) in [7, 11) is 1.53. The number of carbonyl (C=O) groups excluding carboxylic acids is 2. The Balaban J connectivity index is 1.51. The van der Waals surface area contributed by atoms with Crippen molar-refractivity contribution in [1.29, 1.82) is 0 Å². The molecule has 2 heterocycles. The van der Waals surface area contributed by atoms with Gasteiger partial charge in [-0.2, -0.15) is 5.10 Å². The van der Waals surface area contributed by atoms with Gasteiger partial charge in [-0.1, -0.05) is 11.6 Å². The maximum atomic E-state index is 13.2. The molecule has 3 aromatic rings. The molecule has 0 radical (unpaired) electrons. The molecule has 0 fully saturated rings. The number of hydrogen-bond donors (Lipinski definition) is 2. The minimum atomic E-state index is -0.852. The fourth-order valence-corrected chi connectivity index (χ4v) is 4.13. The van der Waals surface area contributed by atoms with Crippen LogP contribution in [0.4, 0.5) is 15.2 Å². The second-order valence-electron chi connectivity index (χ2n) is 6.83. The average molecular weight is 474 g/mol. The van der Waals surface area contributed by atoms with Gasteiger partial charge in [0.25, 0.3) is 5.91 Å². The number of hydrogen-bond acceptors (Lipinski definition) is 7. The van der Waals surface area contributed by atoms with E-state index in [-0.39, 0.29) is 12.1 Å². The zero-order chi connectivity index (χ0) is 22.8. The third-order valence-corrected chi connectivity index (χ3v) is 5.82. The molecule has 1 atom stereocenters. The van der Waals surface area contributed by atoms with Gasteiger partial charge in [-0.25, -0.2) is 9.37 Å². The zero-order valence-electron chi connectivity index (χ0n) is 16.7. The lowest BCUT2D eigenvalue weighted by Gasteiger charge is -2.20. The number of benzene rings is 2. The monoisotopic (exact) mass is 473 g/mol. The van der Waals surface area contributed by atoms with Gasteiger partial charge >= 0.3 is 0 Å². The third kappa shape index (κ3) is 4.41. The van der Waals surface area contributed by atoms with Crippen LogP contribution in [0.1, 0.15) is 6.42 Å². The van der Waals surface area contributed by atoms with Crippen molar-refractivity contribution in [2.45, 2.75) is 12.5 Å². The molecule has 0 spiro atoms. The smallest absolute Gasteiger partial charge is 0.273 e. The van der Waals surface area contributed by atoms with Crippen molar-refractivity contribution < 1.29 is 18.7 Å². The SMILES string of the molecule is COc1ccc(-c2csc(NC(=O)C3=NN(c4ccc(F)cc4)C(C(N)=O)C3)n2)cc1Cl. The molecular formula is C21H17ClFN5O3S. The molecule has 4 rings (SSSR count). The standard InChI is InChI=1S/C21H17ClFN5O3S/c1-31-18-7-2-11(8-14(18)22)16-10-32-21(25-16)26-20(30)15-9-17(19(24)29)28(27-15)13-5-3-12(23)4-6-13/h2-8,10,17H,9H2,1H3,(H2,24,29)(H,25,26,30). The zero-order valence-corrected chi connectivity index (χ0v) is 18.3. The van der Waals surface area contributed by atoms with Crippen LogP contribution in [0, 0.1) is 5.82 Å². The number of nitrogens with two attached hydrogens (primary N) is 1. The van der Waals surface area contributed by atoms with E-state index in [0.717, 1.165) is 5.56 Å². The highest BCUT2D eigenvalue weighted by Gasteiger charge is 2.35. The number of carbonyl (C=O) groups is 2. The van der Waals surface area contributed by atoms with Gasteiger partial charge in [-0.15, -0.1) is 11.3 Å². The topological polar surface area (TPSA) is 110 Å². The van der Waals surface area contributed by atoms with Crippen LogP contribution in [0.5, 0.6) is 5.75 Å². The van der Waals surface area contributed by atoms with Crippen LogP contribution >= 0.6 is 22.9 Å². The Morgan fingerprint density at radius 2 is 2.03 bits per heavy atom. The van der Waals surface area contributed by atoms with E-state index < -0.39 is 23.7 Å². The Labute approximate surface area is 191 Å². The summed E-state index contributed by atoms with van der Waals surface area (Å²) in [5.74, 6) is -1.03. The normalized spacial score (nSPS) is 15.4. The van der Waals surface area contributed by atoms with E-state index in [1.54, 1.807) is 17.5 Å². The number of primary amides is 1. The quantitative estimate of drug-likeness (QED) is 0.567. The Hall–Kier alpha value is -3.50. The Bertz CT molecular complexity index is 1210. The van der Waals surface area contributed by atoms with Gasteiger partial charge < -0.3 is 10.5 Å². The average Bonchev–Trinajstić information content (AvgIpc) is 3.42. The highest BCUT2D eigenvalue weighted by molar-refractivity contribution is 7.14. The van der Waals surface area contributed by atoms with E-state index in [0.29, 0.717) is 27.3 Å². The highest BCUT2D eigenvalue weighted by atomic mass is 35.5. The highest BCUT2D eigenvalue weighted by Crippen LogP contribution is 2.32. The number of hydrazone groups is 1. The van der Waals surface area contributed by atoms with Crippen molar-refractivity contribution in [3.63, 3.8) is 0 Å². The van der Waals surface area contributed by atoms with Crippen molar-refractivity contribution in [3.8, 4) is 17.0 Å². The minimum Gasteiger partial charge on any atom is -0.495 e. The van der Waals surface area contributed by atoms with Crippen molar-refractivity contribution >= 4 is 51.3 Å². The molecule has 1 aliphatic heterocycles. The van der Waals surface area contributed by atoms with Crippen LogP contribution in [-0.4, -0.2) is 35.7 Å². The van der Waals surface area contributed by atoms with Gasteiger partial charge in [0, 0.05) is 17.4 Å². The first-order valence-electron chi connectivity index (χ1n) is 9.38. The number of nitrogens with zero attached hydrogens (tertiary/aromatic N) is 3. The summed E-state index contributed by atoms with van der Waals surface area (Å²) in [6.07, 6.45) is 0.0187. The van der Waals surface area contributed by atoms with Crippen LogP contribution in [0.2, 0.25) is 5.02 Å². The van der Waals surface area contributed by atoms with Gasteiger partial charge in [0.1, 0.15) is 23.3 Å². The van der Waals surface area contributed by atoms with E-state index in [1.165, 1.54) is 47.7 Å². The van der Waals surface area contributed by atoms with Gasteiger partial charge in [0.05, 0.1) is 23.5 Å². The third-order valence-electron chi connectivity index (χ3n) is 4.76. The predicted molar refractivity (Wildman–Crippen MR) is 122 cm³/mol. The lowest BCUT2D eigenvalue weighted by atomic mass is 10.1. The molecule has 8 nitrogen and oxygen atoms in total. The largest absolute Gasteiger partial charge is 0.495 e. The molecule has 1 aromatic heterocycles. The van der Waals surface area contributed by atoms with Gasteiger partial charge in [-0.3, -0.25) is 19.9 Å². The van der Waals surface area contributed by atoms with Gasteiger partial charge in [0.15, 0.2) is 5.13 Å². The van der Waals surface area contributed by atoms with E-state index in [2.05, 4.69) is 15.4 Å². The number of amides is 2. The molecule has 0 saturated heterocycles. The molecule has 2 amide bonds. The molecule has 0 saturated carbocycles. The first-order chi connectivity index (χ1) is 15.4. The maximum absolute atomic E-state index is 13.2. The summed E-state index contributed by atoms with van der Waals surface area (Å²) >= 11 is 7.40. The van der Waals surface area contributed by atoms with E-state index in [1.807, 2.05) is 6.07 Å². The fourth-order valence-electron chi connectivity index (χ4n) is 3.16. The molecule has 32 heavy (non-hydrogen) atoms. The second kappa shape index (κ2) is 8.93. The molecule has 1 unspecified atom stereocenters. The minimum absolute atomic E-state index is 0.0187. The Kier molecular flexibility index (Phi) is 6.06. The van der Waals surface area contributed by atoms with Crippen LogP contribution in [-0.2, 0) is 9.59 Å². The molecule has 0 aliphatic carbocycles. The van der Waals surface area contributed by atoms with Crippen LogP contribution in [0.15, 0.2) is 52.9 Å². The molecule has 164 valence electrons. The summed E-state index contributed by atoms with van der Waals surface area (Å²) < 4.78 is 18.4. The Morgan fingerprint density at radius 1 is 1.28 bits per heavy atom. The Morgan fingerprint density at radius 3 is 2.69 bits per heavy atom. The maximum Gasteiger partial charge on any atom is 0.273 e. The summed E-state index contributed by atoms with van der Waals surface area (Å²) in [5.41, 5.74) is 7.44. The molecule has 1 aliphatic rings. The molecular weight excluding hydrogens is 457 g/mol. The van der Waals surface area contributed by atoms with Crippen molar-refractivity contribution in [1.82, 2.24) is 4.98 Å². The van der Waals surface area contributed by atoms with Crippen molar-refractivity contribution in [3.05, 3.63) is 58.7 Å². The second-order valence-corrected chi connectivity index (χ2v) is 8.10. The van der Waals surface area contributed by atoms with Crippen molar-refractivity contribution in [2.75, 3.05) is 17.4 Å². The lowest BCUT2D eigenvalue weighted by Crippen LogP contribution is -2.39. The lowest BCUT2D eigenvalue weighted by molar-refractivity contribution is -0.119. The number of anilines is 2. The fraction of sp³-hybridized carbons (Fsp3) is 0.143. The van der Waals surface area contributed by atoms with Crippen LogP contribution < -0.4 is 20.8 Å². The summed E-state index contributed by atoms with van der Waals surface area (Å²) in [4.78, 5) is 29.0. The summed E-state index contributed by atoms with van der Waals surface area (Å²) in [6, 6.07) is 9.81. The number of nitrogens with one attached hydrogen (secondary N) is 1. The summed E-state index contributed by atoms with van der Waals surface area (Å²) in [5, 5.41) is 10.8. The number of thiazole rings is 1. The molecule has 2 aromatic carbocycles. The first kappa shape index (κ1) is 21.7. The molecule has 11 heteroatoms. The number of ether oxygens (including phenoxy) is 1.